The topological polar surface area (TPSA) is 38.7 Å². The van der Waals surface area contributed by atoms with Crippen LogP contribution in [0.1, 0.15) is 24.2 Å². The Morgan fingerprint density at radius 3 is 2.52 bits per heavy atom. The molecule has 0 heterocycles. The Labute approximate surface area is 131 Å². The Morgan fingerprint density at radius 2 is 1.90 bits per heavy atom. The van der Waals surface area contributed by atoms with Crippen molar-refractivity contribution in [1.82, 2.24) is 0 Å². The minimum atomic E-state index is -0.710. The summed E-state index contributed by atoms with van der Waals surface area (Å²) in [6, 6.07) is 9.97. The van der Waals surface area contributed by atoms with Crippen LogP contribution in [0, 0.1) is 5.82 Å². The van der Waals surface area contributed by atoms with Crippen LogP contribution in [-0.4, -0.2) is 12.2 Å². The number of aliphatic hydroxyl groups is 1. The third-order valence-electron chi connectivity index (χ3n) is 3.06. The maximum Gasteiger partial charge on any atom is 0.165 e. The summed E-state index contributed by atoms with van der Waals surface area (Å²) in [6.07, 6.45) is -0.710. The van der Waals surface area contributed by atoms with Crippen molar-refractivity contribution in [2.45, 2.75) is 19.6 Å². The molecule has 0 spiro atoms. The Balaban J connectivity index is 2.15. The van der Waals surface area contributed by atoms with E-state index in [2.05, 4.69) is 15.9 Å². The number of halogens is 2. The van der Waals surface area contributed by atoms with E-state index in [-0.39, 0.29) is 12.4 Å². The van der Waals surface area contributed by atoms with Gasteiger partial charge in [-0.05, 0) is 42.8 Å². The molecule has 0 aromatic heterocycles. The summed E-state index contributed by atoms with van der Waals surface area (Å²) in [7, 11) is 1.57. The van der Waals surface area contributed by atoms with E-state index in [0.717, 1.165) is 10.0 Å². The zero-order valence-electron chi connectivity index (χ0n) is 11.8. The molecule has 0 fully saturated rings. The van der Waals surface area contributed by atoms with Crippen LogP contribution in [0.25, 0.3) is 0 Å². The first-order valence-corrected chi connectivity index (χ1v) is 7.23. The maximum atomic E-state index is 13.9. The lowest BCUT2D eigenvalue weighted by Crippen LogP contribution is -2.01. The number of hydrogen-bond donors (Lipinski definition) is 1. The van der Waals surface area contributed by atoms with Gasteiger partial charge in [-0.3, -0.25) is 0 Å². The summed E-state index contributed by atoms with van der Waals surface area (Å²) >= 11 is 3.38. The quantitative estimate of drug-likeness (QED) is 0.873. The highest BCUT2D eigenvalue weighted by atomic mass is 79.9. The SMILES string of the molecule is COc1ccc(Br)cc1COc1ccc(C(C)O)cc1F. The Bertz CT molecular complexity index is 629. The standard InChI is InChI=1S/C16H16BrFO3/c1-10(19)11-3-5-16(14(18)8-11)21-9-12-7-13(17)4-6-15(12)20-2/h3-8,10,19H,9H2,1-2H3. The second kappa shape index (κ2) is 6.91. The summed E-state index contributed by atoms with van der Waals surface area (Å²) in [4.78, 5) is 0. The summed E-state index contributed by atoms with van der Waals surface area (Å²) < 4.78 is 25.5. The van der Waals surface area contributed by atoms with Gasteiger partial charge in [-0.25, -0.2) is 4.39 Å². The molecular weight excluding hydrogens is 339 g/mol. The highest BCUT2D eigenvalue weighted by Gasteiger charge is 2.10. The van der Waals surface area contributed by atoms with Crippen molar-refractivity contribution in [3.8, 4) is 11.5 Å². The van der Waals surface area contributed by atoms with Crippen LogP contribution in [-0.2, 0) is 6.61 Å². The predicted octanol–water partition coefficient (Wildman–Crippen LogP) is 4.23. The number of benzene rings is 2. The minimum absolute atomic E-state index is 0.140. The molecule has 0 bridgehead atoms. The highest BCUT2D eigenvalue weighted by molar-refractivity contribution is 9.10. The molecule has 0 aliphatic heterocycles. The number of aliphatic hydroxyl groups excluding tert-OH is 1. The minimum Gasteiger partial charge on any atom is -0.496 e. The molecule has 112 valence electrons. The molecule has 2 aromatic rings. The van der Waals surface area contributed by atoms with Gasteiger partial charge in [-0.15, -0.1) is 0 Å². The van der Waals surface area contributed by atoms with Gasteiger partial charge in [0.25, 0.3) is 0 Å². The van der Waals surface area contributed by atoms with E-state index in [4.69, 9.17) is 9.47 Å². The summed E-state index contributed by atoms with van der Waals surface area (Å²) in [5, 5.41) is 9.42. The van der Waals surface area contributed by atoms with Crippen LogP contribution in [0.3, 0.4) is 0 Å². The lowest BCUT2D eigenvalue weighted by molar-refractivity contribution is 0.198. The summed E-state index contributed by atoms with van der Waals surface area (Å²) in [5.41, 5.74) is 1.32. The first-order valence-electron chi connectivity index (χ1n) is 6.44. The third-order valence-corrected chi connectivity index (χ3v) is 3.56. The third kappa shape index (κ3) is 3.95. The fourth-order valence-electron chi connectivity index (χ4n) is 1.91. The number of ether oxygens (including phenoxy) is 2. The van der Waals surface area contributed by atoms with Gasteiger partial charge in [0.2, 0.25) is 0 Å². The number of hydrogen-bond acceptors (Lipinski definition) is 3. The molecule has 1 unspecified atom stereocenters. The first-order chi connectivity index (χ1) is 10.0. The van der Waals surface area contributed by atoms with E-state index in [1.807, 2.05) is 18.2 Å². The molecule has 0 radical (unpaired) electrons. The molecule has 0 aliphatic carbocycles. The van der Waals surface area contributed by atoms with Gasteiger partial charge in [0.1, 0.15) is 12.4 Å². The van der Waals surface area contributed by atoms with Crippen LogP contribution >= 0.6 is 15.9 Å². The normalized spacial score (nSPS) is 12.0. The second-order valence-electron chi connectivity index (χ2n) is 4.61. The highest BCUT2D eigenvalue weighted by Crippen LogP contribution is 2.26. The molecule has 3 nitrogen and oxygen atoms in total. The van der Waals surface area contributed by atoms with E-state index in [1.165, 1.54) is 12.1 Å². The fraction of sp³-hybridized carbons (Fsp3) is 0.250. The number of methoxy groups -OCH3 is 1. The van der Waals surface area contributed by atoms with Crippen LogP contribution in [0.5, 0.6) is 11.5 Å². The summed E-state index contributed by atoms with van der Waals surface area (Å²) in [6.45, 7) is 1.77. The van der Waals surface area contributed by atoms with Crippen molar-refractivity contribution < 1.29 is 19.0 Å². The lowest BCUT2D eigenvalue weighted by atomic mass is 10.1. The van der Waals surface area contributed by atoms with Crippen LogP contribution < -0.4 is 9.47 Å². The van der Waals surface area contributed by atoms with Crippen LogP contribution in [0.15, 0.2) is 40.9 Å². The average molecular weight is 355 g/mol. The smallest absolute Gasteiger partial charge is 0.165 e. The van der Waals surface area contributed by atoms with E-state index >= 15 is 0 Å². The zero-order chi connectivity index (χ0) is 15.4. The van der Waals surface area contributed by atoms with Crippen molar-refractivity contribution in [2.75, 3.05) is 7.11 Å². The Hall–Kier alpha value is -1.59. The predicted molar refractivity (Wildman–Crippen MR) is 82.1 cm³/mol. The van der Waals surface area contributed by atoms with Crippen LogP contribution in [0.2, 0.25) is 0 Å². The van der Waals surface area contributed by atoms with Crippen molar-refractivity contribution in [3.63, 3.8) is 0 Å². The van der Waals surface area contributed by atoms with E-state index in [0.29, 0.717) is 11.3 Å². The molecule has 5 heteroatoms. The molecule has 2 rings (SSSR count). The van der Waals surface area contributed by atoms with Gasteiger partial charge in [0.15, 0.2) is 11.6 Å². The lowest BCUT2D eigenvalue weighted by Gasteiger charge is -2.12. The van der Waals surface area contributed by atoms with Gasteiger partial charge < -0.3 is 14.6 Å². The monoisotopic (exact) mass is 354 g/mol. The molecule has 1 atom stereocenters. The molecule has 0 saturated heterocycles. The Morgan fingerprint density at radius 1 is 1.19 bits per heavy atom. The van der Waals surface area contributed by atoms with Gasteiger partial charge in [0, 0.05) is 10.0 Å². The average Bonchev–Trinajstić information content (AvgIpc) is 2.46. The second-order valence-corrected chi connectivity index (χ2v) is 5.53. The number of rotatable bonds is 5. The van der Waals surface area contributed by atoms with Crippen molar-refractivity contribution in [3.05, 3.63) is 57.8 Å². The summed E-state index contributed by atoms with van der Waals surface area (Å²) in [5.74, 6) is 0.322. The fourth-order valence-corrected chi connectivity index (χ4v) is 2.32. The Kier molecular flexibility index (Phi) is 5.20. The zero-order valence-corrected chi connectivity index (χ0v) is 13.4. The van der Waals surface area contributed by atoms with Gasteiger partial charge in [0.05, 0.1) is 13.2 Å². The molecule has 0 amide bonds. The van der Waals surface area contributed by atoms with E-state index in [1.54, 1.807) is 20.1 Å². The molecule has 0 aliphatic rings. The van der Waals surface area contributed by atoms with E-state index in [9.17, 15) is 9.50 Å². The first kappa shape index (κ1) is 15.8. The molecule has 2 aromatic carbocycles. The van der Waals surface area contributed by atoms with E-state index < -0.39 is 11.9 Å². The molecule has 21 heavy (non-hydrogen) atoms. The van der Waals surface area contributed by atoms with Crippen molar-refractivity contribution >= 4 is 15.9 Å². The van der Waals surface area contributed by atoms with Crippen LogP contribution in [0.4, 0.5) is 4.39 Å². The molecular formula is C16H16BrFO3. The van der Waals surface area contributed by atoms with Crippen molar-refractivity contribution in [2.24, 2.45) is 0 Å². The van der Waals surface area contributed by atoms with Gasteiger partial charge in [-0.1, -0.05) is 22.0 Å². The molecule has 0 saturated carbocycles. The van der Waals surface area contributed by atoms with Gasteiger partial charge in [-0.2, -0.15) is 0 Å². The molecule has 1 N–H and O–H groups in total. The van der Waals surface area contributed by atoms with Crippen molar-refractivity contribution in [1.29, 1.82) is 0 Å². The largest absolute Gasteiger partial charge is 0.496 e. The maximum absolute atomic E-state index is 13.9. The van der Waals surface area contributed by atoms with Gasteiger partial charge >= 0.3 is 0 Å².